The van der Waals surface area contributed by atoms with E-state index < -0.39 is 0 Å². The van der Waals surface area contributed by atoms with Crippen LogP contribution in [0.2, 0.25) is 0 Å². The van der Waals surface area contributed by atoms with Crippen molar-refractivity contribution in [1.29, 1.82) is 0 Å². The lowest BCUT2D eigenvalue weighted by Gasteiger charge is -2.08. The van der Waals surface area contributed by atoms with Crippen LogP contribution in [-0.4, -0.2) is 50.8 Å². The van der Waals surface area contributed by atoms with E-state index in [1.807, 2.05) is 48.5 Å². The minimum atomic E-state index is -0.362. The van der Waals surface area contributed by atoms with Crippen LogP contribution in [0.25, 0.3) is 0 Å². The molecule has 12 nitrogen and oxygen atoms in total. The van der Waals surface area contributed by atoms with Crippen LogP contribution in [0.15, 0.2) is 194 Å². The van der Waals surface area contributed by atoms with Gasteiger partial charge in [-0.25, -0.2) is 19.2 Å². The average Bonchev–Trinajstić information content (AvgIpc) is 0.888. The van der Waals surface area contributed by atoms with Crippen LogP contribution < -0.4 is 21.3 Å². The second-order valence-electron chi connectivity index (χ2n) is 40.3. The standard InChI is InChI=1S/3C33H51NO2.C29H43NO2/c3*1-3-4-5-6-7-8-9-10-11-12-13-14-15-16-17-18-27-36-33(35)34-32-25-23-31(24-26-32)28-30-21-19-29(2)20-22-30;1-3-4-5-6-7-8-9-10-11-12-13-14-23-32-29(31)30-28-21-19-27(20-22-28)24-26-17-15-25(2)16-18-26/h3*19-26H,3-18,27-28H2,1-2H3,(H,34,35);15-22H,3-14,23-24H2,1-2H3,(H,30,31). The molecule has 0 atom stereocenters. The Morgan fingerprint density at radius 3 is 0.386 bits per heavy atom. The van der Waals surface area contributed by atoms with E-state index in [0.717, 1.165) is 99.8 Å². The fourth-order valence-corrected chi connectivity index (χ4v) is 17.8. The minimum Gasteiger partial charge on any atom is -0.449 e. The zero-order valence-electron chi connectivity index (χ0n) is 89.8. The molecule has 0 fully saturated rings. The molecule has 776 valence electrons. The Morgan fingerprint density at radius 1 is 0.157 bits per heavy atom. The lowest BCUT2D eigenvalue weighted by molar-refractivity contribution is 0.158. The molecule has 0 saturated heterocycles. The van der Waals surface area contributed by atoms with Gasteiger partial charge in [0, 0.05) is 22.7 Å². The van der Waals surface area contributed by atoms with E-state index >= 15 is 0 Å². The van der Waals surface area contributed by atoms with Gasteiger partial charge in [0.1, 0.15) is 0 Å². The third-order valence-corrected chi connectivity index (χ3v) is 26.8. The number of benzene rings is 8. The first-order valence-electron chi connectivity index (χ1n) is 57.0. The average molecular weight is 1920 g/mol. The molecular formula is C128H196N4O8. The van der Waals surface area contributed by atoms with Gasteiger partial charge in [-0.2, -0.15) is 0 Å². The molecule has 4 amide bonds. The quantitative estimate of drug-likeness (QED) is 0.0217. The predicted octanol–water partition coefficient (Wildman–Crippen LogP) is 40.0. The summed E-state index contributed by atoms with van der Waals surface area (Å²) in [6, 6.07) is 66.4. The lowest BCUT2D eigenvalue weighted by Crippen LogP contribution is -2.14. The first-order chi connectivity index (χ1) is 68.7. The summed E-state index contributed by atoms with van der Waals surface area (Å²) in [4.78, 5) is 48.1. The van der Waals surface area contributed by atoms with Crippen molar-refractivity contribution in [2.45, 2.75) is 466 Å². The minimum absolute atomic E-state index is 0.359. The Bertz CT molecular complexity index is 3890. The highest BCUT2D eigenvalue weighted by Gasteiger charge is 2.12. The molecule has 8 aromatic rings. The monoisotopic (exact) mass is 1920 g/mol. The molecule has 0 aromatic heterocycles. The van der Waals surface area contributed by atoms with Crippen molar-refractivity contribution in [3.8, 4) is 0 Å². The van der Waals surface area contributed by atoms with E-state index in [4.69, 9.17) is 18.9 Å². The van der Waals surface area contributed by atoms with E-state index in [2.05, 4.69) is 222 Å². The van der Waals surface area contributed by atoms with Crippen LogP contribution in [0, 0.1) is 27.7 Å². The number of anilines is 4. The van der Waals surface area contributed by atoms with E-state index in [1.165, 1.54) is 401 Å². The zero-order valence-corrected chi connectivity index (χ0v) is 89.8. The molecule has 12 heteroatoms. The van der Waals surface area contributed by atoms with Gasteiger partial charge in [-0.05, 0) is 172 Å². The second-order valence-corrected chi connectivity index (χ2v) is 40.3. The fourth-order valence-electron chi connectivity index (χ4n) is 17.8. The summed E-state index contributed by atoms with van der Waals surface area (Å²) in [6.07, 6.45) is 82.3. The summed E-state index contributed by atoms with van der Waals surface area (Å²) >= 11 is 0. The highest BCUT2D eigenvalue weighted by atomic mass is 16.6. The predicted molar refractivity (Wildman–Crippen MR) is 601 cm³/mol. The molecule has 0 saturated carbocycles. The topological polar surface area (TPSA) is 153 Å². The van der Waals surface area contributed by atoms with Gasteiger partial charge in [-0.3, -0.25) is 21.3 Å². The van der Waals surface area contributed by atoms with Gasteiger partial charge in [0.25, 0.3) is 0 Å². The maximum Gasteiger partial charge on any atom is 0.411 e. The van der Waals surface area contributed by atoms with Crippen LogP contribution in [-0.2, 0) is 44.6 Å². The summed E-state index contributed by atoms with van der Waals surface area (Å²) in [7, 11) is 0. The summed E-state index contributed by atoms with van der Waals surface area (Å²) in [5, 5.41) is 11.3. The van der Waals surface area contributed by atoms with Crippen molar-refractivity contribution in [1.82, 2.24) is 0 Å². The SMILES string of the molecule is CCCCCCCCCCCCCCCCCCOC(=O)Nc1ccc(Cc2ccc(C)cc2)cc1.CCCCCCCCCCCCCCCCCCOC(=O)Nc1ccc(Cc2ccc(C)cc2)cc1.CCCCCCCCCCCCCCCCCCOC(=O)Nc1ccc(Cc2ccc(C)cc2)cc1.CCCCCCCCCCCCCCOC(=O)Nc1ccc(Cc2ccc(C)cc2)cc1. The number of carbonyl (C=O) groups excluding carboxylic acids is 4. The maximum atomic E-state index is 12.0. The van der Waals surface area contributed by atoms with Gasteiger partial charge in [-0.1, -0.05) is 555 Å². The number of hydrogen-bond donors (Lipinski definition) is 4. The summed E-state index contributed by atoms with van der Waals surface area (Å²) in [5.74, 6) is 0. The molecule has 0 radical (unpaired) electrons. The lowest BCUT2D eigenvalue weighted by atomic mass is 10.0. The summed E-state index contributed by atoms with van der Waals surface area (Å²) < 4.78 is 21.4. The number of rotatable bonds is 76. The first-order valence-corrected chi connectivity index (χ1v) is 57.0. The Kier molecular flexibility index (Phi) is 74.0. The fraction of sp³-hybridized carbons (Fsp3) is 0.594. The number of ether oxygens (including phenoxy) is 4. The third kappa shape index (κ3) is 68.9. The molecular weight excluding hydrogens is 1720 g/mol. The van der Waals surface area contributed by atoms with E-state index in [1.54, 1.807) is 0 Å². The van der Waals surface area contributed by atoms with E-state index in [9.17, 15) is 19.2 Å². The molecule has 0 bridgehead atoms. The van der Waals surface area contributed by atoms with Crippen molar-refractivity contribution in [2.24, 2.45) is 0 Å². The van der Waals surface area contributed by atoms with Crippen molar-refractivity contribution >= 4 is 47.1 Å². The molecule has 0 unspecified atom stereocenters. The number of unbranched alkanes of at least 4 members (excludes halogenated alkanes) is 56. The molecule has 0 heterocycles. The largest absolute Gasteiger partial charge is 0.449 e. The van der Waals surface area contributed by atoms with E-state index in [0.29, 0.717) is 26.4 Å². The van der Waals surface area contributed by atoms with Gasteiger partial charge >= 0.3 is 24.4 Å². The van der Waals surface area contributed by atoms with Crippen LogP contribution in [0.3, 0.4) is 0 Å². The van der Waals surface area contributed by atoms with Gasteiger partial charge in [0.15, 0.2) is 0 Å². The van der Waals surface area contributed by atoms with Gasteiger partial charge in [-0.15, -0.1) is 0 Å². The Labute approximate surface area is 854 Å². The molecule has 4 N–H and O–H groups in total. The number of hydrogen-bond acceptors (Lipinski definition) is 8. The van der Waals surface area contributed by atoms with Gasteiger partial charge in [0.2, 0.25) is 0 Å². The molecule has 140 heavy (non-hydrogen) atoms. The molecule has 0 aliphatic rings. The summed E-state index contributed by atoms with van der Waals surface area (Å²) in [5.41, 5.74) is 18.3. The maximum absolute atomic E-state index is 12.0. The smallest absolute Gasteiger partial charge is 0.411 e. The van der Waals surface area contributed by atoms with Crippen molar-refractivity contribution < 1.29 is 38.1 Å². The van der Waals surface area contributed by atoms with Gasteiger partial charge < -0.3 is 18.9 Å². The molecule has 0 aliphatic carbocycles. The molecule has 0 spiro atoms. The van der Waals surface area contributed by atoms with E-state index in [-0.39, 0.29) is 24.4 Å². The molecule has 8 aromatic carbocycles. The molecule has 8 rings (SSSR count). The Hall–Kier alpha value is -9.16. The van der Waals surface area contributed by atoms with Crippen LogP contribution >= 0.6 is 0 Å². The number of nitrogens with one attached hydrogen (secondary N) is 4. The second kappa shape index (κ2) is 85.4. The summed E-state index contributed by atoms with van der Waals surface area (Å²) in [6.45, 7) is 19.5. The number of amides is 4. The van der Waals surface area contributed by atoms with Crippen LogP contribution in [0.5, 0.6) is 0 Å². The normalized spacial score (nSPS) is 10.9. The van der Waals surface area contributed by atoms with Crippen molar-refractivity contribution in [3.05, 3.63) is 261 Å². The molecule has 0 aliphatic heterocycles. The van der Waals surface area contributed by atoms with Crippen molar-refractivity contribution in [3.63, 3.8) is 0 Å². The first kappa shape index (κ1) is 121. The third-order valence-electron chi connectivity index (χ3n) is 26.8. The number of aryl methyl sites for hydroxylation is 4. The van der Waals surface area contributed by atoms with Gasteiger partial charge in [0.05, 0.1) is 26.4 Å². The van der Waals surface area contributed by atoms with Crippen LogP contribution in [0.4, 0.5) is 41.9 Å². The Morgan fingerprint density at radius 2 is 0.264 bits per heavy atom. The van der Waals surface area contributed by atoms with Crippen LogP contribution in [0.1, 0.15) is 480 Å². The highest BCUT2D eigenvalue weighted by molar-refractivity contribution is 5.86. The number of carbonyl (C=O) groups is 4. The van der Waals surface area contributed by atoms with Crippen molar-refractivity contribution in [2.75, 3.05) is 47.7 Å². The Balaban J connectivity index is 0.000000329. The zero-order chi connectivity index (χ0) is 99.9. The highest BCUT2D eigenvalue weighted by Crippen LogP contribution is 2.25.